The molecule has 1 heterocycles. The highest BCUT2D eigenvalue weighted by atomic mass is 36.5. The Bertz CT molecular complexity index is 286. The van der Waals surface area contributed by atoms with Crippen molar-refractivity contribution in [2.24, 2.45) is 0 Å². The van der Waals surface area contributed by atoms with Crippen LogP contribution in [0.5, 0.6) is 0 Å². The van der Waals surface area contributed by atoms with Gasteiger partial charge in [-0.05, 0) is 12.1 Å². The number of benzene rings is 1. The van der Waals surface area contributed by atoms with Crippen LogP contribution in [0.4, 0.5) is 0 Å². The summed E-state index contributed by atoms with van der Waals surface area (Å²) in [6.07, 6.45) is 1.70. The zero-order chi connectivity index (χ0) is 8.10. The number of rotatable bonds is 0. The van der Waals surface area contributed by atoms with E-state index in [2.05, 4.69) is 21.7 Å². The third-order valence-electron chi connectivity index (χ3n) is 1.36. The molecule has 2 aromatic rings. The maximum Gasteiger partial charge on any atom is 0.133 e. The maximum atomic E-state index is 5.12. The minimum atomic E-state index is 0.956. The first-order chi connectivity index (χ1) is 5.47. The molecule has 1 nitrogen and oxygen atoms in total. The molecule has 0 unspecified atom stereocenters. The summed E-state index contributed by atoms with van der Waals surface area (Å²) in [4.78, 5) is 0. The van der Waals surface area contributed by atoms with Gasteiger partial charge in [-0.3, -0.25) is 0 Å². The molecule has 0 saturated carbocycles. The summed E-state index contributed by atoms with van der Waals surface area (Å²) < 4.78 is 5.12. The van der Waals surface area contributed by atoms with E-state index in [9.17, 15) is 0 Å². The number of furan rings is 1. The summed E-state index contributed by atoms with van der Waals surface area (Å²) in [5, 5.41) is 1.16. The molecule has 0 bridgehead atoms. The second-order valence-electron chi connectivity index (χ2n) is 1.96. The molecule has 0 aliphatic rings. The molecule has 0 amide bonds. The third-order valence-corrected chi connectivity index (χ3v) is 1.36. The highest BCUT2D eigenvalue weighted by Crippen LogP contribution is 2.12. The molecule has 0 aliphatic carbocycles. The molecule has 1 aromatic heterocycles. The van der Waals surface area contributed by atoms with Gasteiger partial charge in [0.05, 0.1) is 6.26 Å². The fourth-order valence-electron chi connectivity index (χ4n) is 0.906. The van der Waals surface area contributed by atoms with Crippen molar-refractivity contribution in [2.75, 3.05) is 0 Å². The molecular formula is C8H6Cl2O. The molecule has 0 atom stereocenters. The van der Waals surface area contributed by atoms with Gasteiger partial charge < -0.3 is 4.42 Å². The van der Waals surface area contributed by atoms with Crippen LogP contribution in [-0.2, 0) is 0 Å². The van der Waals surface area contributed by atoms with E-state index >= 15 is 0 Å². The largest absolute Gasteiger partial charge is 0.464 e. The van der Waals surface area contributed by atoms with Crippen LogP contribution >= 0.6 is 21.7 Å². The Morgan fingerprint density at radius 2 is 1.73 bits per heavy atom. The van der Waals surface area contributed by atoms with Crippen LogP contribution in [0.3, 0.4) is 0 Å². The Morgan fingerprint density at radius 1 is 1.00 bits per heavy atom. The lowest BCUT2D eigenvalue weighted by atomic mass is 10.3. The predicted octanol–water partition coefficient (Wildman–Crippen LogP) is 3.81. The highest BCUT2D eigenvalue weighted by molar-refractivity contribution is 6.85. The predicted molar refractivity (Wildman–Crippen MR) is 47.9 cm³/mol. The van der Waals surface area contributed by atoms with Crippen molar-refractivity contribution < 1.29 is 4.42 Å². The molecule has 58 valence electrons. The summed E-state index contributed by atoms with van der Waals surface area (Å²) in [7, 11) is 8.22. The monoisotopic (exact) mass is 188 g/mol. The van der Waals surface area contributed by atoms with Crippen LogP contribution in [0.2, 0.25) is 0 Å². The molecule has 11 heavy (non-hydrogen) atoms. The molecule has 0 N–H and O–H groups in total. The molecule has 3 heteroatoms. The van der Waals surface area contributed by atoms with Gasteiger partial charge in [-0.15, -0.1) is 0 Å². The van der Waals surface area contributed by atoms with Gasteiger partial charge in [0.2, 0.25) is 0 Å². The molecule has 0 saturated heterocycles. The number of fused-ring (bicyclic) bond motifs is 1. The summed E-state index contributed by atoms with van der Waals surface area (Å²) in [5.41, 5.74) is 0.956. The molecule has 0 aliphatic heterocycles. The zero-order valence-corrected chi connectivity index (χ0v) is 7.14. The van der Waals surface area contributed by atoms with Crippen molar-refractivity contribution in [1.82, 2.24) is 0 Å². The van der Waals surface area contributed by atoms with E-state index in [0.717, 1.165) is 11.0 Å². The Morgan fingerprint density at radius 3 is 2.45 bits per heavy atom. The van der Waals surface area contributed by atoms with Gasteiger partial charge >= 0.3 is 0 Å². The van der Waals surface area contributed by atoms with E-state index in [1.807, 2.05) is 30.3 Å². The summed E-state index contributed by atoms with van der Waals surface area (Å²) in [6.45, 7) is 0. The summed E-state index contributed by atoms with van der Waals surface area (Å²) in [5.74, 6) is 0. The van der Waals surface area contributed by atoms with E-state index in [0.29, 0.717) is 0 Å². The first-order valence-corrected chi connectivity index (χ1v) is 4.17. The lowest BCUT2D eigenvalue weighted by Crippen LogP contribution is -1.57. The van der Waals surface area contributed by atoms with Crippen molar-refractivity contribution in [3.63, 3.8) is 0 Å². The standard InChI is InChI=1S/C8H6O.Cl2/c1-2-4-8-7(3-1)5-6-9-8;1-2/h1-6H;. The van der Waals surface area contributed by atoms with E-state index in [1.54, 1.807) is 6.26 Å². The number of para-hydroxylation sites is 1. The van der Waals surface area contributed by atoms with E-state index in [1.165, 1.54) is 0 Å². The SMILES string of the molecule is ClCl.c1ccc2occc2c1. The summed E-state index contributed by atoms with van der Waals surface area (Å²) >= 11 is 0. The van der Waals surface area contributed by atoms with Crippen molar-refractivity contribution in [1.29, 1.82) is 0 Å². The van der Waals surface area contributed by atoms with Gasteiger partial charge in [-0.2, -0.15) is 0 Å². The molecule has 2 rings (SSSR count). The lowest BCUT2D eigenvalue weighted by Gasteiger charge is -1.81. The van der Waals surface area contributed by atoms with Gasteiger partial charge in [0.25, 0.3) is 0 Å². The second kappa shape index (κ2) is 4.27. The average Bonchev–Trinajstić information content (AvgIpc) is 2.55. The van der Waals surface area contributed by atoms with Gasteiger partial charge in [0, 0.05) is 27.1 Å². The van der Waals surface area contributed by atoms with Gasteiger partial charge in [0.1, 0.15) is 5.58 Å². The van der Waals surface area contributed by atoms with Crippen LogP contribution in [0.25, 0.3) is 11.0 Å². The fraction of sp³-hybridized carbons (Fsp3) is 0. The molecule has 1 aromatic carbocycles. The second-order valence-corrected chi connectivity index (χ2v) is 1.96. The van der Waals surface area contributed by atoms with Crippen molar-refractivity contribution in [3.8, 4) is 0 Å². The highest BCUT2D eigenvalue weighted by Gasteiger charge is 1.89. The third kappa shape index (κ3) is 1.88. The van der Waals surface area contributed by atoms with E-state index < -0.39 is 0 Å². The van der Waals surface area contributed by atoms with Crippen molar-refractivity contribution >= 4 is 32.7 Å². The van der Waals surface area contributed by atoms with Crippen LogP contribution in [0, 0.1) is 0 Å². The Hall–Kier alpha value is -0.660. The minimum absolute atomic E-state index is 0.956. The fourth-order valence-corrected chi connectivity index (χ4v) is 0.906. The molecule has 0 radical (unpaired) electrons. The smallest absolute Gasteiger partial charge is 0.133 e. The Balaban J connectivity index is 0.000000281. The Labute approximate surface area is 74.1 Å². The van der Waals surface area contributed by atoms with Crippen molar-refractivity contribution in [3.05, 3.63) is 36.6 Å². The van der Waals surface area contributed by atoms with Crippen molar-refractivity contribution in [2.45, 2.75) is 0 Å². The lowest BCUT2D eigenvalue weighted by molar-refractivity contribution is 0.616. The first-order valence-electron chi connectivity index (χ1n) is 3.03. The van der Waals surface area contributed by atoms with E-state index in [4.69, 9.17) is 4.42 Å². The zero-order valence-electron chi connectivity index (χ0n) is 5.63. The number of hydrogen-bond donors (Lipinski definition) is 0. The first kappa shape index (κ1) is 8.44. The van der Waals surface area contributed by atoms with Crippen LogP contribution in [0.15, 0.2) is 41.0 Å². The number of halogens is 2. The van der Waals surface area contributed by atoms with Gasteiger partial charge in [-0.1, -0.05) is 18.2 Å². The summed E-state index contributed by atoms with van der Waals surface area (Å²) in [6, 6.07) is 9.90. The number of hydrogen-bond acceptors (Lipinski definition) is 1. The Kier molecular flexibility index (Phi) is 3.27. The minimum Gasteiger partial charge on any atom is -0.464 e. The van der Waals surface area contributed by atoms with Gasteiger partial charge in [0.15, 0.2) is 0 Å². The van der Waals surface area contributed by atoms with Gasteiger partial charge in [-0.25, -0.2) is 0 Å². The normalized spacial score (nSPS) is 8.91. The average molecular weight is 189 g/mol. The topological polar surface area (TPSA) is 13.1 Å². The maximum absolute atomic E-state index is 5.12. The van der Waals surface area contributed by atoms with Crippen LogP contribution in [0.1, 0.15) is 0 Å². The molecular weight excluding hydrogens is 183 g/mol. The molecule has 0 fully saturated rings. The quantitative estimate of drug-likeness (QED) is 0.613. The molecule has 0 spiro atoms. The van der Waals surface area contributed by atoms with Crippen LogP contribution in [-0.4, -0.2) is 0 Å². The van der Waals surface area contributed by atoms with Crippen LogP contribution < -0.4 is 0 Å². The van der Waals surface area contributed by atoms with E-state index in [-0.39, 0.29) is 0 Å².